The Labute approximate surface area is 583 Å². The molecule has 0 bridgehead atoms. The second kappa shape index (κ2) is 39.1. The molecule has 0 spiro atoms. The lowest BCUT2D eigenvalue weighted by Crippen LogP contribution is -2.62. The third-order valence-corrected chi connectivity index (χ3v) is 20.3. The van der Waals surface area contributed by atoms with Gasteiger partial charge in [-0.1, -0.05) is 143 Å². The number of benzene rings is 5. The minimum atomic E-state index is -1.66. The van der Waals surface area contributed by atoms with Gasteiger partial charge in [-0.2, -0.15) is 0 Å². The van der Waals surface area contributed by atoms with Crippen molar-refractivity contribution in [3.63, 3.8) is 0 Å². The van der Waals surface area contributed by atoms with E-state index in [1.54, 1.807) is 72.6 Å². The molecule has 0 radical (unpaired) electrons. The summed E-state index contributed by atoms with van der Waals surface area (Å²) in [6.45, 7) is 8.24. The van der Waals surface area contributed by atoms with Crippen LogP contribution in [0.5, 0.6) is 0 Å². The smallest absolute Gasteiger partial charge is 0.245 e. The molecule has 16 N–H and O–H groups in total. The van der Waals surface area contributed by atoms with E-state index in [0.29, 0.717) is 37.2 Å². The number of amides is 7. The van der Waals surface area contributed by atoms with Crippen molar-refractivity contribution in [1.82, 2.24) is 52.0 Å². The first-order chi connectivity index (χ1) is 47.4. The number of nitrogens with zero attached hydrogens (tertiary/aromatic N) is 3. The fourth-order valence-electron chi connectivity index (χ4n) is 11.2. The average Bonchev–Trinajstić information content (AvgIpc) is 1.62. The van der Waals surface area contributed by atoms with E-state index in [0.717, 1.165) is 82.3 Å². The molecule has 0 aliphatic carbocycles. The van der Waals surface area contributed by atoms with Crippen LogP contribution in [-0.2, 0) is 57.6 Å². The number of aromatic amines is 1. The van der Waals surface area contributed by atoms with Crippen molar-refractivity contribution in [2.75, 3.05) is 77.2 Å². The van der Waals surface area contributed by atoms with E-state index in [1.165, 1.54) is 29.2 Å². The molecule has 526 valence electrons. The maximum absolute atomic E-state index is 14.7. The molecule has 28 heteroatoms. The monoisotopic (exact) mass is 1400 g/mol. The van der Waals surface area contributed by atoms with E-state index in [1.807, 2.05) is 30.3 Å². The first-order valence-corrected chi connectivity index (χ1v) is 36.3. The lowest BCUT2D eigenvalue weighted by Gasteiger charge is -2.36. The molecule has 4 heterocycles. The number of aliphatic imine (C=N–C) groups is 1. The number of carbonyl (C=O) groups excluding carboxylic acids is 7. The fraction of sp³-hybridized carbons (Fsp3) is 0.429. The molecule has 9 rings (SSSR count). The molecule has 1 unspecified atom stereocenters. The number of ether oxygens (including phenoxy) is 1. The Bertz CT molecular complexity index is 3600. The number of aliphatic hydroxyl groups is 4. The summed E-state index contributed by atoms with van der Waals surface area (Å²) in [4.78, 5) is 115. The van der Waals surface area contributed by atoms with Gasteiger partial charge in [0.15, 0.2) is 0 Å². The van der Waals surface area contributed by atoms with Crippen molar-refractivity contribution in [1.29, 1.82) is 0 Å². The number of rotatable bonds is 22. The van der Waals surface area contributed by atoms with E-state index in [9.17, 15) is 48.9 Å². The first-order valence-electron chi connectivity index (χ1n) is 33.0. The third kappa shape index (κ3) is 22.6. The van der Waals surface area contributed by atoms with E-state index < -0.39 is 108 Å². The van der Waals surface area contributed by atoms with Gasteiger partial charge in [-0.15, -0.1) is 0 Å². The number of hydrogen-bond donors (Lipinski definition) is 14. The normalized spacial score (nSPS) is 21.2. The standard InChI is InChI=1S/C49H66N10O10S2.C21H25N3O2S/c1-28(61)39(25-60)56-48(68)41-27-71-70-26-40(57-43(63)34(51)21-30-13-5-3-6-14-30)47(67)54-37(22-31-15-7-4-8-16-31)45(65)55-38(23-32-24-52-35-18-10-9-17-33(32)35)46(66)53-36(19-11-12-20-50)44(64)59-42(29(2)62)49(69)58-41;25-14-16-26-15-13-23-9-11-24(12-10-23)21-17-5-1-3-7-19(17)27-20-8-4-2-6-18(20)22-21/h3-10,13-18,24,28-29,34,36-42,52,60-62H,11-12,19-23,25-27,50-51H2,1-2H3,(H,53,66)(H,54,67)(H,55,65)(H,56,68)(H,57,63)(H,58,69)(H,59,64);1-8,25H,9-16H2/t28-,29?,34-,36+,37+,38-,39-,40+,41+,42+;/m1./s1. The second-order valence-corrected chi connectivity index (χ2v) is 27.8. The number of fused-ring (bicyclic) bond motifs is 3. The van der Waals surface area contributed by atoms with Crippen molar-refractivity contribution in [2.45, 2.75) is 123 Å². The zero-order valence-electron chi connectivity index (χ0n) is 55.1. The summed E-state index contributed by atoms with van der Waals surface area (Å²) < 4.78 is 5.40. The number of aromatic nitrogens is 1. The molecule has 7 amide bonds. The summed E-state index contributed by atoms with van der Waals surface area (Å²) in [5.41, 5.74) is 17.3. The van der Waals surface area contributed by atoms with Crippen LogP contribution in [-0.4, -0.2) is 220 Å². The largest absolute Gasteiger partial charge is 0.394 e. The molecule has 3 aliphatic heterocycles. The van der Waals surface area contributed by atoms with Crippen molar-refractivity contribution in [3.8, 4) is 0 Å². The van der Waals surface area contributed by atoms with Gasteiger partial charge in [-0.3, -0.25) is 38.5 Å². The minimum absolute atomic E-state index is 0.0340. The number of para-hydroxylation sites is 2. The van der Waals surface area contributed by atoms with E-state index in [4.69, 9.17) is 26.3 Å². The van der Waals surface area contributed by atoms with Crippen LogP contribution in [0.25, 0.3) is 10.9 Å². The predicted octanol–water partition coefficient (Wildman–Crippen LogP) is 2.05. The molecule has 3 aliphatic rings. The number of nitrogens with two attached hydrogens (primary N) is 2. The van der Waals surface area contributed by atoms with E-state index >= 15 is 0 Å². The summed E-state index contributed by atoms with van der Waals surface area (Å²) in [6, 6.07) is 31.5. The number of unbranched alkanes of at least 4 members (excludes halogenated alkanes) is 1. The summed E-state index contributed by atoms with van der Waals surface area (Å²) in [7, 11) is 2.06. The van der Waals surface area contributed by atoms with Crippen LogP contribution < -0.4 is 48.7 Å². The molecular formula is C70H91N13O12S3. The molecule has 10 atom stereocenters. The quantitative estimate of drug-likeness (QED) is 0.0342. The van der Waals surface area contributed by atoms with Crippen molar-refractivity contribution in [3.05, 3.63) is 162 Å². The fourth-order valence-corrected chi connectivity index (χ4v) is 14.5. The van der Waals surface area contributed by atoms with Gasteiger partial charge in [0.25, 0.3) is 0 Å². The zero-order chi connectivity index (χ0) is 69.9. The Hall–Kier alpha value is -7.87. The highest BCUT2D eigenvalue weighted by Gasteiger charge is 2.37. The molecule has 25 nitrogen and oxygen atoms in total. The van der Waals surface area contributed by atoms with Crippen LogP contribution in [0.4, 0.5) is 5.69 Å². The lowest BCUT2D eigenvalue weighted by atomic mass is 10.0. The Balaban J connectivity index is 0.000000373. The second-order valence-electron chi connectivity index (χ2n) is 24.1. The average molecular weight is 1400 g/mol. The highest BCUT2D eigenvalue weighted by molar-refractivity contribution is 8.76. The van der Waals surface area contributed by atoms with Gasteiger partial charge in [-0.05, 0) is 87.0 Å². The minimum Gasteiger partial charge on any atom is -0.394 e. The van der Waals surface area contributed by atoms with Gasteiger partial charge >= 0.3 is 0 Å². The number of aliphatic hydroxyl groups excluding tert-OH is 4. The Morgan fingerprint density at radius 2 is 1.31 bits per heavy atom. The summed E-state index contributed by atoms with van der Waals surface area (Å²) in [6.07, 6.45) is -0.156. The molecule has 98 heavy (non-hydrogen) atoms. The SMILES string of the molecule is CC(O)[C@@H]1NC(=O)[C@H](CCCCN)NC(=O)[C@@H](Cc2c[nH]c3ccccc23)NC(=O)[C@H](Cc2ccccc2)NC(=O)[C@@H](NC(=O)[C@H](N)Cc2ccccc2)CSSC[C@@H](C(=O)N[C@H](CO)[C@@H](C)O)NC1=O.OCCOCCN1CCN(C2=Nc3ccccc3Sc3ccccc32)CC1. The molecule has 0 saturated carbocycles. The highest BCUT2D eigenvalue weighted by Crippen LogP contribution is 2.40. The Kier molecular flexibility index (Phi) is 30.2. The first kappa shape index (κ1) is 75.9. The maximum Gasteiger partial charge on any atom is 0.245 e. The third-order valence-electron chi connectivity index (χ3n) is 16.7. The molecule has 1 aromatic heterocycles. The Morgan fingerprint density at radius 1 is 0.684 bits per heavy atom. The van der Waals surface area contributed by atoms with E-state index in [2.05, 4.69) is 101 Å². The van der Waals surface area contributed by atoms with Gasteiger partial charge in [0.2, 0.25) is 41.4 Å². The lowest BCUT2D eigenvalue weighted by molar-refractivity contribution is -0.136. The van der Waals surface area contributed by atoms with Gasteiger partial charge in [-0.25, -0.2) is 4.99 Å². The molecule has 2 fully saturated rings. The summed E-state index contributed by atoms with van der Waals surface area (Å²) >= 11 is 1.80. The van der Waals surface area contributed by atoms with Crippen LogP contribution in [0, 0.1) is 0 Å². The molecule has 5 aromatic carbocycles. The van der Waals surface area contributed by atoms with Gasteiger partial charge in [0, 0.05) is 89.5 Å². The molecule has 2 saturated heterocycles. The van der Waals surface area contributed by atoms with Crippen molar-refractivity contribution in [2.24, 2.45) is 16.5 Å². The summed E-state index contributed by atoms with van der Waals surface area (Å²) in [5.74, 6) is -4.93. The number of nitrogens with one attached hydrogen (secondary N) is 8. The predicted molar refractivity (Wildman–Crippen MR) is 381 cm³/mol. The number of hydrogen-bond acceptors (Lipinski definition) is 20. The topological polar surface area (TPSA) is 381 Å². The van der Waals surface area contributed by atoms with Gasteiger partial charge in [0.05, 0.1) is 56.4 Å². The highest BCUT2D eigenvalue weighted by atomic mass is 33.1. The Morgan fingerprint density at radius 3 is 2.00 bits per heavy atom. The number of piperazine rings is 1. The molecule has 6 aromatic rings. The van der Waals surface area contributed by atoms with Crippen LogP contribution in [0.15, 0.2) is 154 Å². The molecular weight excluding hydrogens is 1310 g/mol. The maximum atomic E-state index is 14.7. The van der Waals surface area contributed by atoms with Crippen LogP contribution >= 0.6 is 33.3 Å². The van der Waals surface area contributed by atoms with Crippen molar-refractivity contribution < 1.29 is 58.7 Å². The zero-order valence-corrected chi connectivity index (χ0v) is 57.5. The van der Waals surface area contributed by atoms with E-state index in [-0.39, 0.29) is 50.3 Å². The van der Waals surface area contributed by atoms with Crippen LogP contribution in [0.3, 0.4) is 0 Å². The van der Waals surface area contributed by atoms with Crippen LogP contribution in [0.2, 0.25) is 0 Å². The summed E-state index contributed by atoms with van der Waals surface area (Å²) in [5, 5.41) is 59.3. The van der Waals surface area contributed by atoms with Gasteiger partial charge < -0.3 is 83.7 Å². The number of carbonyl (C=O) groups is 7. The number of H-pyrrole nitrogens is 1. The van der Waals surface area contributed by atoms with Crippen LogP contribution in [0.1, 0.15) is 55.4 Å². The van der Waals surface area contributed by atoms with Crippen molar-refractivity contribution >= 4 is 97.1 Å². The number of amidine groups is 1. The van der Waals surface area contributed by atoms with Gasteiger partial charge in [0.1, 0.15) is 42.1 Å².